The molecule has 136 valence electrons. The van der Waals surface area contributed by atoms with Crippen molar-refractivity contribution < 1.29 is 9.90 Å². The van der Waals surface area contributed by atoms with E-state index in [0.717, 1.165) is 5.56 Å². The number of amides is 1. The molecule has 1 heterocycles. The van der Waals surface area contributed by atoms with Crippen molar-refractivity contribution in [2.24, 2.45) is 11.3 Å². The van der Waals surface area contributed by atoms with Crippen molar-refractivity contribution in [1.29, 1.82) is 0 Å². The number of rotatable bonds is 6. The summed E-state index contributed by atoms with van der Waals surface area (Å²) in [5.74, 6) is 0.230. The van der Waals surface area contributed by atoms with Crippen LogP contribution in [-0.2, 0) is 4.79 Å². The van der Waals surface area contributed by atoms with Crippen molar-refractivity contribution in [2.75, 3.05) is 6.54 Å². The van der Waals surface area contributed by atoms with Gasteiger partial charge in [-0.2, -0.15) is 4.80 Å². The van der Waals surface area contributed by atoms with Crippen molar-refractivity contribution in [3.8, 4) is 11.4 Å². The van der Waals surface area contributed by atoms with Crippen molar-refractivity contribution in [3.63, 3.8) is 0 Å². The van der Waals surface area contributed by atoms with E-state index in [1.54, 1.807) is 0 Å². The maximum atomic E-state index is 12.6. The van der Waals surface area contributed by atoms with Gasteiger partial charge in [0.05, 0.1) is 6.10 Å². The predicted octanol–water partition coefficient (Wildman–Crippen LogP) is 2.06. The highest BCUT2D eigenvalue weighted by molar-refractivity contribution is 5.80. The van der Waals surface area contributed by atoms with E-state index in [1.165, 1.54) is 4.80 Å². The number of carbonyl (C=O) groups is 1. The molecule has 0 bridgehead atoms. The minimum atomic E-state index is -0.632. The van der Waals surface area contributed by atoms with Crippen LogP contribution in [0.3, 0.4) is 0 Å². The van der Waals surface area contributed by atoms with Gasteiger partial charge in [0.2, 0.25) is 11.7 Å². The van der Waals surface area contributed by atoms with E-state index in [-0.39, 0.29) is 23.8 Å². The van der Waals surface area contributed by atoms with Gasteiger partial charge in [-0.1, -0.05) is 65.0 Å². The molecule has 2 unspecified atom stereocenters. The number of aromatic nitrogens is 4. The molecule has 0 aliphatic heterocycles. The maximum absolute atomic E-state index is 12.6. The number of hydrogen-bond donors (Lipinski definition) is 2. The average Bonchev–Trinajstić information content (AvgIpc) is 3.01. The maximum Gasteiger partial charge on any atom is 0.247 e. The van der Waals surface area contributed by atoms with Gasteiger partial charge >= 0.3 is 0 Å². The second kappa shape index (κ2) is 7.74. The lowest BCUT2D eigenvalue weighted by atomic mass is 9.89. The average molecular weight is 345 g/mol. The molecule has 2 aromatic rings. The quantitative estimate of drug-likeness (QED) is 0.836. The standard InChI is InChI=1S/C18H27N5O2/c1-12(2)15(17(25)19-11-14(24)18(3,4)5)23-21-16(20-22-23)13-9-7-6-8-10-13/h6-10,12,14-15,24H,11H2,1-5H3,(H,19,25). The van der Waals surface area contributed by atoms with Gasteiger partial charge in [0.25, 0.3) is 0 Å². The lowest BCUT2D eigenvalue weighted by molar-refractivity contribution is -0.127. The summed E-state index contributed by atoms with van der Waals surface area (Å²) in [6.45, 7) is 9.82. The van der Waals surface area contributed by atoms with Crippen molar-refractivity contribution in [1.82, 2.24) is 25.5 Å². The zero-order valence-corrected chi connectivity index (χ0v) is 15.5. The van der Waals surface area contributed by atoms with Crippen LogP contribution in [-0.4, -0.2) is 43.9 Å². The number of hydrogen-bond acceptors (Lipinski definition) is 5. The smallest absolute Gasteiger partial charge is 0.247 e. The molecule has 0 aliphatic rings. The first kappa shape index (κ1) is 19.1. The van der Waals surface area contributed by atoms with E-state index < -0.39 is 12.1 Å². The molecule has 1 aromatic carbocycles. The number of benzene rings is 1. The Labute approximate surface area is 148 Å². The van der Waals surface area contributed by atoms with E-state index in [1.807, 2.05) is 65.0 Å². The largest absolute Gasteiger partial charge is 0.391 e. The predicted molar refractivity (Wildman–Crippen MR) is 95.6 cm³/mol. The van der Waals surface area contributed by atoms with Gasteiger partial charge in [-0.05, 0) is 16.5 Å². The minimum Gasteiger partial charge on any atom is -0.391 e. The van der Waals surface area contributed by atoms with E-state index in [4.69, 9.17) is 0 Å². The van der Waals surface area contributed by atoms with E-state index in [9.17, 15) is 9.90 Å². The monoisotopic (exact) mass is 345 g/mol. The van der Waals surface area contributed by atoms with Crippen LogP contribution in [0.5, 0.6) is 0 Å². The summed E-state index contributed by atoms with van der Waals surface area (Å²) in [4.78, 5) is 14.0. The molecule has 7 heteroatoms. The first-order chi connectivity index (χ1) is 11.7. The molecular formula is C18H27N5O2. The Morgan fingerprint density at radius 1 is 1.24 bits per heavy atom. The third-order valence-corrected chi connectivity index (χ3v) is 4.08. The number of aliphatic hydroxyl groups is 1. The van der Waals surface area contributed by atoms with Crippen molar-refractivity contribution in [3.05, 3.63) is 30.3 Å². The first-order valence-corrected chi connectivity index (χ1v) is 8.51. The molecule has 2 rings (SSSR count). The second-order valence-electron chi connectivity index (χ2n) is 7.62. The van der Waals surface area contributed by atoms with Crippen LogP contribution in [0.4, 0.5) is 0 Å². The van der Waals surface area contributed by atoms with Crippen LogP contribution >= 0.6 is 0 Å². The van der Waals surface area contributed by atoms with E-state index in [2.05, 4.69) is 20.7 Å². The van der Waals surface area contributed by atoms with E-state index >= 15 is 0 Å². The number of nitrogens with zero attached hydrogens (tertiary/aromatic N) is 4. The van der Waals surface area contributed by atoms with Gasteiger partial charge in [-0.15, -0.1) is 10.2 Å². The summed E-state index contributed by atoms with van der Waals surface area (Å²) in [6, 6.07) is 8.92. The fourth-order valence-corrected chi connectivity index (χ4v) is 2.33. The van der Waals surface area contributed by atoms with Gasteiger partial charge in [0.1, 0.15) is 0 Å². The molecule has 7 nitrogen and oxygen atoms in total. The van der Waals surface area contributed by atoms with E-state index in [0.29, 0.717) is 5.82 Å². The second-order valence-corrected chi connectivity index (χ2v) is 7.62. The summed E-state index contributed by atoms with van der Waals surface area (Å²) in [7, 11) is 0. The lowest BCUT2D eigenvalue weighted by Crippen LogP contribution is -2.43. The zero-order valence-electron chi connectivity index (χ0n) is 15.5. The van der Waals surface area contributed by atoms with Crippen LogP contribution in [0.1, 0.15) is 40.7 Å². The molecule has 0 fully saturated rings. The minimum absolute atomic E-state index is 0.0235. The molecule has 0 saturated carbocycles. The zero-order chi connectivity index (χ0) is 18.6. The topological polar surface area (TPSA) is 92.9 Å². The number of nitrogens with one attached hydrogen (secondary N) is 1. The Bertz CT molecular complexity index is 691. The molecular weight excluding hydrogens is 318 g/mol. The highest BCUT2D eigenvalue weighted by Gasteiger charge is 2.29. The normalized spacial score (nSPS) is 14.4. The summed E-state index contributed by atoms with van der Waals surface area (Å²) in [5, 5.41) is 25.4. The summed E-state index contributed by atoms with van der Waals surface area (Å²) in [6.07, 6.45) is -0.632. The summed E-state index contributed by atoms with van der Waals surface area (Å²) in [5.41, 5.74) is 0.548. The Morgan fingerprint density at radius 3 is 2.44 bits per heavy atom. The number of carbonyl (C=O) groups excluding carboxylic acids is 1. The van der Waals surface area contributed by atoms with Crippen LogP contribution in [0, 0.1) is 11.3 Å². The molecule has 0 aliphatic carbocycles. The van der Waals surface area contributed by atoms with Gasteiger partial charge in [-0.25, -0.2) is 0 Å². The van der Waals surface area contributed by atoms with Gasteiger partial charge in [0.15, 0.2) is 6.04 Å². The Morgan fingerprint density at radius 2 is 1.88 bits per heavy atom. The molecule has 2 N–H and O–H groups in total. The number of tetrazole rings is 1. The molecule has 0 spiro atoms. The molecule has 1 aromatic heterocycles. The number of aliphatic hydroxyl groups excluding tert-OH is 1. The SMILES string of the molecule is CC(C)C(C(=O)NCC(O)C(C)(C)C)n1nnc(-c2ccccc2)n1. The van der Waals surface area contributed by atoms with Gasteiger partial charge in [-0.3, -0.25) is 4.79 Å². The van der Waals surface area contributed by atoms with Crippen molar-refractivity contribution in [2.45, 2.75) is 46.8 Å². The first-order valence-electron chi connectivity index (χ1n) is 8.51. The third kappa shape index (κ3) is 4.85. The van der Waals surface area contributed by atoms with Gasteiger partial charge in [0, 0.05) is 12.1 Å². The molecule has 0 saturated heterocycles. The fourth-order valence-electron chi connectivity index (χ4n) is 2.33. The highest BCUT2D eigenvalue weighted by Crippen LogP contribution is 2.20. The lowest BCUT2D eigenvalue weighted by Gasteiger charge is -2.27. The van der Waals surface area contributed by atoms with Crippen LogP contribution in [0.25, 0.3) is 11.4 Å². The molecule has 0 radical (unpaired) electrons. The van der Waals surface area contributed by atoms with Crippen LogP contribution in [0.15, 0.2) is 30.3 Å². The Hall–Kier alpha value is -2.28. The molecule has 1 amide bonds. The Balaban J connectivity index is 2.13. The Kier molecular flexibility index (Phi) is 5.89. The molecule has 2 atom stereocenters. The van der Waals surface area contributed by atoms with Gasteiger partial charge < -0.3 is 10.4 Å². The summed E-state index contributed by atoms with van der Waals surface area (Å²) >= 11 is 0. The summed E-state index contributed by atoms with van der Waals surface area (Å²) < 4.78 is 0. The van der Waals surface area contributed by atoms with Crippen molar-refractivity contribution >= 4 is 5.91 Å². The van der Waals surface area contributed by atoms with Crippen LogP contribution < -0.4 is 5.32 Å². The molecule has 25 heavy (non-hydrogen) atoms. The van der Waals surface area contributed by atoms with Crippen LogP contribution in [0.2, 0.25) is 0 Å². The highest BCUT2D eigenvalue weighted by atomic mass is 16.3. The fraction of sp³-hybridized carbons (Fsp3) is 0.556. The third-order valence-electron chi connectivity index (χ3n) is 4.08.